The van der Waals surface area contributed by atoms with Crippen molar-refractivity contribution in [2.45, 2.75) is 12.8 Å². The van der Waals surface area contributed by atoms with Crippen molar-refractivity contribution in [1.82, 2.24) is 4.31 Å². The van der Waals surface area contributed by atoms with E-state index in [1.54, 1.807) is 0 Å². The maximum atomic E-state index is 10.9. The quantitative estimate of drug-likeness (QED) is 0.391. The maximum absolute atomic E-state index is 10.9. The van der Waals surface area contributed by atoms with E-state index >= 15 is 0 Å². The van der Waals surface area contributed by atoms with E-state index in [2.05, 4.69) is 0 Å². The molecule has 1 saturated heterocycles. The zero-order valence-electron chi connectivity index (χ0n) is 7.23. The number of hydrogen-bond donors (Lipinski definition) is 3. The van der Waals surface area contributed by atoms with Crippen LogP contribution in [0.4, 0.5) is 0 Å². The molecule has 0 bridgehead atoms. The predicted molar refractivity (Wildman–Crippen MR) is 49.3 cm³/mol. The first kappa shape index (κ1) is 10.4. The Labute approximate surface area is 77.6 Å². The second kappa shape index (κ2) is 3.60. The van der Waals surface area contributed by atoms with E-state index < -0.39 is 10.2 Å². The second-order valence-corrected chi connectivity index (χ2v) is 4.72. The molecule has 7 heteroatoms. The standard InChI is InChI=1S/C6H14N4O2S/c7-6(8)5-1-3-10(4-2-5)13(9,11)12/h5H,1-4H2,(H3,7,8)(H2,9,11,12). The van der Waals surface area contributed by atoms with Crippen LogP contribution in [0.15, 0.2) is 0 Å². The summed E-state index contributed by atoms with van der Waals surface area (Å²) < 4.78 is 23.0. The first-order valence-electron chi connectivity index (χ1n) is 4.03. The van der Waals surface area contributed by atoms with E-state index in [1.807, 2.05) is 0 Å². The minimum Gasteiger partial charge on any atom is -0.387 e. The summed E-state index contributed by atoms with van der Waals surface area (Å²) in [5.41, 5.74) is 5.31. The number of piperidine rings is 1. The van der Waals surface area contributed by atoms with Crippen LogP contribution < -0.4 is 10.9 Å². The van der Waals surface area contributed by atoms with Gasteiger partial charge in [0.25, 0.3) is 10.2 Å². The third-order valence-electron chi connectivity index (χ3n) is 2.25. The van der Waals surface area contributed by atoms with Gasteiger partial charge in [-0.25, -0.2) is 5.14 Å². The summed E-state index contributed by atoms with van der Waals surface area (Å²) in [4.78, 5) is 0. The lowest BCUT2D eigenvalue weighted by Gasteiger charge is -2.28. The average Bonchev–Trinajstić information content (AvgIpc) is 2.03. The monoisotopic (exact) mass is 206 g/mol. The van der Waals surface area contributed by atoms with Gasteiger partial charge in [0, 0.05) is 19.0 Å². The van der Waals surface area contributed by atoms with Crippen LogP contribution in [0.2, 0.25) is 0 Å². The molecule has 0 aromatic heterocycles. The molecule has 6 nitrogen and oxygen atoms in total. The van der Waals surface area contributed by atoms with Crippen LogP contribution >= 0.6 is 0 Å². The molecule has 0 aromatic rings. The van der Waals surface area contributed by atoms with Crippen molar-refractivity contribution < 1.29 is 8.42 Å². The molecule has 0 unspecified atom stereocenters. The molecule has 1 fully saturated rings. The smallest absolute Gasteiger partial charge is 0.276 e. The van der Waals surface area contributed by atoms with Gasteiger partial charge in [-0.05, 0) is 12.8 Å². The minimum absolute atomic E-state index is 0.0120. The lowest BCUT2D eigenvalue weighted by molar-refractivity contribution is 0.315. The summed E-state index contributed by atoms with van der Waals surface area (Å²) in [6.07, 6.45) is 1.18. The Kier molecular flexibility index (Phi) is 2.89. The van der Waals surface area contributed by atoms with Gasteiger partial charge in [-0.1, -0.05) is 0 Å². The van der Waals surface area contributed by atoms with Gasteiger partial charge in [0.2, 0.25) is 0 Å². The lowest BCUT2D eigenvalue weighted by atomic mass is 9.97. The Morgan fingerprint density at radius 3 is 2.15 bits per heavy atom. The van der Waals surface area contributed by atoms with E-state index in [-0.39, 0.29) is 11.8 Å². The molecule has 0 saturated carbocycles. The third-order valence-corrected chi connectivity index (χ3v) is 3.34. The van der Waals surface area contributed by atoms with E-state index in [4.69, 9.17) is 16.3 Å². The Bertz CT molecular complexity index is 292. The van der Waals surface area contributed by atoms with E-state index in [0.29, 0.717) is 25.9 Å². The molecule has 1 rings (SSSR count). The molecule has 76 valence electrons. The van der Waals surface area contributed by atoms with E-state index in [0.717, 1.165) is 0 Å². The van der Waals surface area contributed by atoms with E-state index in [1.165, 1.54) is 4.31 Å². The Hall–Kier alpha value is -0.660. The Morgan fingerprint density at radius 1 is 1.38 bits per heavy atom. The second-order valence-electron chi connectivity index (χ2n) is 3.17. The molecule has 0 aromatic carbocycles. The van der Waals surface area contributed by atoms with Gasteiger partial charge in [-0.15, -0.1) is 0 Å². The van der Waals surface area contributed by atoms with Crippen molar-refractivity contribution in [3.63, 3.8) is 0 Å². The highest BCUT2D eigenvalue weighted by Gasteiger charge is 2.26. The predicted octanol–water partition coefficient (Wildman–Crippen LogP) is -1.16. The number of nitrogens with zero attached hydrogens (tertiary/aromatic N) is 1. The lowest BCUT2D eigenvalue weighted by Crippen LogP contribution is -2.44. The van der Waals surface area contributed by atoms with Crippen LogP contribution in [-0.2, 0) is 10.2 Å². The highest BCUT2D eigenvalue weighted by Crippen LogP contribution is 2.17. The number of nitrogens with one attached hydrogen (secondary N) is 1. The van der Waals surface area contributed by atoms with Gasteiger partial charge in [-0.2, -0.15) is 12.7 Å². The third kappa shape index (κ3) is 2.64. The van der Waals surface area contributed by atoms with Crippen LogP contribution in [0.5, 0.6) is 0 Å². The number of rotatable bonds is 2. The van der Waals surface area contributed by atoms with Crippen LogP contribution in [0, 0.1) is 11.3 Å². The fraction of sp³-hybridized carbons (Fsp3) is 0.833. The minimum atomic E-state index is -3.55. The van der Waals surface area contributed by atoms with Crippen LogP contribution in [0.25, 0.3) is 0 Å². The number of nitrogens with two attached hydrogens (primary N) is 2. The number of amidine groups is 1. The summed E-state index contributed by atoms with van der Waals surface area (Å²) in [5, 5.41) is 12.1. The summed E-state index contributed by atoms with van der Waals surface area (Å²) in [7, 11) is -3.55. The summed E-state index contributed by atoms with van der Waals surface area (Å²) in [6, 6.07) is 0. The molecule has 1 aliphatic heterocycles. The van der Waals surface area contributed by atoms with Crippen LogP contribution in [0.1, 0.15) is 12.8 Å². The summed E-state index contributed by atoms with van der Waals surface area (Å²) >= 11 is 0. The SMILES string of the molecule is N=C(N)C1CCN(S(N)(=O)=O)CC1. The van der Waals surface area contributed by atoms with Crippen molar-refractivity contribution in [3.05, 3.63) is 0 Å². The fourth-order valence-corrected chi connectivity index (χ4v) is 2.14. The van der Waals surface area contributed by atoms with Gasteiger partial charge in [0.1, 0.15) is 0 Å². The highest BCUT2D eigenvalue weighted by molar-refractivity contribution is 7.86. The zero-order chi connectivity index (χ0) is 10.1. The van der Waals surface area contributed by atoms with Gasteiger partial charge < -0.3 is 5.73 Å². The van der Waals surface area contributed by atoms with Gasteiger partial charge in [0.15, 0.2) is 0 Å². The first-order chi connectivity index (χ1) is 5.91. The van der Waals surface area contributed by atoms with Crippen molar-refractivity contribution in [2.75, 3.05) is 13.1 Å². The topological polar surface area (TPSA) is 113 Å². The summed E-state index contributed by atoms with van der Waals surface area (Å²) in [6.45, 7) is 0.728. The molecule has 1 aliphatic rings. The van der Waals surface area contributed by atoms with Crippen molar-refractivity contribution in [1.29, 1.82) is 5.41 Å². The van der Waals surface area contributed by atoms with Gasteiger partial charge in [-0.3, -0.25) is 5.41 Å². The summed E-state index contributed by atoms with van der Waals surface area (Å²) in [5.74, 6) is 0.145. The van der Waals surface area contributed by atoms with Crippen molar-refractivity contribution >= 4 is 16.0 Å². The van der Waals surface area contributed by atoms with Crippen molar-refractivity contribution in [3.8, 4) is 0 Å². The molecule has 5 N–H and O–H groups in total. The first-order valence-corrected chi connectivity index (χ1v) is 5.53. The maximum Gasteiger partial charge on any atom is 0.276 e. The molecule has 0 atom stereocenters. The molecular weight excluding hydrogens is 192 g/mol. The molecule has 0 spiro atoms. The zero-order valence-corrected chi connectivity index (χ0v) is 8.05. The average molecular weight is 206 g/mol. The van der Waals surface area contributed by atoms with Gasteiger partial charge >= 0.3 is 0 Å². The molecule has 1 heterocycles. The number of hydrogen-bond acceptors (Lipinski definition) is 3. The highest BCUT2D eigenvalue weighted by atomic mass is 32.2. The van der Waals surface area contributed by atoms with Crippen molar-refractivity contribution in [2.24, 2.45) is 16.8 Å². The molecule has 13 heavy (non-hydrogen) atoms. The van der Waals surface area contributed by atoms with Gasteiger partial charge in [0.05, 0.1) is 5.84 Å². The largest absolute Gasteiger partial charge is 0.387 e. The van der Waals surface area contributed by atoms with Crippen LogP contribution in [0.3, 0.4) is 0 Å². The fourth-order valence-electron chi connectivity index (χ4n) is 1.42. The van der Waals surface area contributed by atoms with Crippen LogP contribution in [-0.4, -0.2) is 31.6 Å². The molecule has 0 radical (unpaired) electrons. The normalized spacial score (nSPS) is 21.6. The Morgan fingerprint density at radius 2 is 1.85 bits per heavy atom. The van der Waals surface area contributed by atoms with E-state index in [9.17, 15) is 8.42 Å². The Balaban J connectivity index is 2.53. The molecule has 0 aliphatic carbocycles. The molecular formula is C6H14N4O2S. The molecule has 0 amide bonds.